The van der Waals surface area contributed by atoms with E-state index in [-0.39, 0.29) is 17.6 Å². The van der Waals surface area contributed by atoms with Crippen molar-refractivity contribution in [3.8, 4) is 0 Å². The van der Waals surface area contributed by atoms with Crippen LogP contribution in [0.25, 0.3) is 0 Å². The highest BCUT2D eigenvalue weighted by molar-refractivity contribution is 7.98. The molecular formula is C4H11ClN2S2. The lowest BCUT2D eigenvalue weighted by Crippen LogP contribution is -2.15. The molecule has 2 nitrogen and oxygen atoms in total. The van der Waals surface area contributed by atoms with Crippen LogP contribution in [0.4, 0.5) is 0 Å². The second-order valence-electron chi connectivity index (χ2n) is 1.45. The first-order valence-electron chi connectivity index (χ1n) is 2.42. The van der Waals surface area contributed by atoms with Crippen molar-refractivity contribution in [2.45, 2.75) is 13.3 Å². The Bertz CT molecular complexity index is 88.6. The molecule has 0 saturated carbocycles. The Morgan fingerprint density at radius 2 is 2.11 bits per heavy atom. The molecule has 56 valence electrons. The second kappa shape index (κ2) is 6.58. The molecule has 5 heteroatoms. The van der Waals surface area contributed by atoms with E-state index >= 15 is 0 Å². The summed E-state index contributed by atoms with van der Waals surface area (Å²) < 4.78 is 1.49. The zero-order chi connectivity index (χ0) is 6.57. The van der Waals surface area contributed by atoms with Crippen LogP contribution in [0.5, 0.6) is 0 Å². The maximum absolute atomic E-state index is 6.92. The largest absolute Gasteiger partial charge is 0.298 e. The summed E-state index contributed by atoms with van der Waals surface area (Å²) in [5.74, 6) is 0. The van der Waals surface area contributed by atoms with Gasteiger partial charge in [0.2, 0.25) is 0 Å². The lowest BCUT2D eigenvalue weighted by atomic mass is 10.5. The van der Waals surface area contributed by atoms with Gasteiger partial charge in [-0.3, -0.25) is 9.71 Å². The molecule has 0 aromatic heterocycles. The number of hydrogen-bond donors (Lipinski definition) is 3. The third-order valence-corrected chi connectivity index (χ3v) is 1.48. The lowest BCUT2D eigenvalue weighted by molar-refractivity contribution is 0.667. The van der Waals surface area contributed by atoms with Crippen molar-refractivity contribution in [3.05, 3.63) is 0 Å². The van der Waals surface area contributed by atoms with Gasteiger partial charge in [-0.15, -0.1) is 25.0 Å². The Hall–Kier alpha value is 0.460. The van der Waals surface area contributed by atoms with Crippen LogP contribution in [-0.2, 0) is 0 Å². The van der Waals surface area contributed by atoms with Crippen LogP contribution < -0.4 is 0 Å². The van der Waals surface area contributed by atoms with Crippen LogP contribution in [0.3, 0.4) is 0 Å². The zero-order valence-corrected chi connectivity index (χ0v) is 7.77. The van der Waals surface area contributed by atoms with E-state index in [9.17, 15) is 0 Å². The normalized spacial score (nSPS) is 7.89. The molecule has 1 N–H and O–H groups in total. The van der Waals surface area contributed by atoms with E-state index in [0.29, 0.717) is 0 Å². The van der Waals surface area contributed by atoms with Crippen molar-refractivity contribution in [2.75, 3.05) is 6.54 Å². The third-order valence-electron chi connectivity index (χ3n) is 0.680. The Morgan fingerprint density at radius 1 is 1.67 bits per heavy atom. The molecule has 0 atom stereocenters. The van der Waals surface area contributed by atoms with Gasteiger partial charge in [-0.2, -0.15) is 0 Å². The molecule has 0 aliphatic heterocycles. The van der Waals surface area contributed by atoms with E-state index in [1.165, 1.54) is 4.31 Å². The van der Waals surface area contributed by atoms with Gasteiger partial charge in [0.05, 0.1) is 0 Å². The fourth-order valence-corrected chi connectivity index (χ4v) is 0.618. The van der Waals surface area contributed by atoms with E-state index in [2.05, 4.69) is 25.4 Å². The number of halogens is 1. The van der Waals surface area contributed by atoms with Gasteiger partial charge in [0, 0.05) is 6.54 Å². The fraction of sp³-hybridized carbons (Fsp3) is 0.750. The minimum absolute atomic E-state index is 0. The SMILES string of the molecule is CCCN(S)C(=N)S.Cl. The van der Waals surface area contributed by atoms with Crippen LogP contribution in [0.2, 0.25) is 0 Å². The third kappa shape index (κ3) is 6.34. The van der Waals surface area contributed by atoms with Crippen LogP contribution >= 0.6 is 37.9 Å². The summed E-state index contributed by atoms with van der Waals surface area (Å²) in [6, 6.07) is 0. The van der Waals surface area contributed by atoms with Gasteiger partial charge in [0.1, 0.15) is 0 Å². The second-order valence-corrected chi connectivity index (χ2v) is 2.35. The van der Waals surface area contributed by atoms with Gasteiger partial charge >= 0.3 is 0 Å². The maximum atomic E-state index is 6.92. The highest BCUT2D eigenvalue weighted by Gasteiger charge is 1.95. The van der Waals surface area contributed by atoms with Gasteiger partial charge in [0.15, 0.2) is 5.17 Å². The van der Waals surface area contributed by atoms with Gasteiger partial charge < -0.3 is 0 Å². The van der Waals surface area contributed by atoms with Crippen molar-refractivity contribution in [2.24, 2.45) is 0 Å². The highest BCUT2D eigenvalue weighted by atomic mass is 35.5. The van der Waals surface area contributed by atoms with Crippen molar-refractivity contribution in [3.63, 3.8) is 0 Å². The average Bonchev–Trinajstić information content (AvgIpc) is 1.67. The minimum atomic E-state index is 0. The summed E-state index contributed by atoms with van der Waals surface area (Å²) >= 11 is 7.70. The Balaban J connectivity index is 0. The number of nitrogens with zero attached hydrogens (tertiary/aromatic N) is 1. The summed E-state index contributed by atoms with van der Waals surface area (Å²) in [6.07, 6.45) is 0.992. The zero-order valence-electron chi connectivity index (χ0n) is 5.16. The topological polar surface area (TPSA) is 27.1 Å². The van der Waals surface area contributed by atoms with E-state index in [1.54, 1.807) is 0 Å². The monoisotopic (exact) mass is 186 g/mol. The predicted molar refractivity (Wildman–Crippen MR) is 49.9 cm³/mol. The van der Waals surface area contributed by atoms with Gasteiger partial charge in [-0.05, 0) is 6.42 Å². The van der Waals surface area contributed by atoms with Gasteiger partial charge in [-0.25, -0.2) is 0 Å². The standard InChI is InChI=1S/C4H10N2S2.ClH/c1-2-3-6(8)4(5)7;/h8H,2-3H2,1H3,(H2,5,7);1H. The molecule has 0 amide bonds. The van der Waals surface area contributed by atoms with Crippen molar-refractivity contribution in [1.29, 1.82) is 5.41 Å². The molecule has 0 spiro atoms. The molecule has 0 fully saturated rings. The maximum Gasteiger partial charge on any atom is 0.163 e. The minimum Gasteiger partial charge on any atom is -0.298 e. The molecule has 0 aromatic rings. The number of amidine groups is 1. The molecule has 0 aromatic carbocycles. The van der Waals surface area contributed by atoms with Crippen LogP contribution in [0.15, 0.2) is 0 Å². The van der Waals surface area contributed by atoms with Crippen molar-refractivity contribution < 1.29 is 0 Å². The van der Waals surface area contributed by atoms with Crippen molar-refractivity contribution >= 4 is 43.0 Å². The first-order chi connectivity index (χ1) is 3.68. The molecule has 0 bridgehead atoms. The Labute approximate surface area is 72.9 Å². The Kier molecular flexibility index (Phi) is 8.89. The molecule has 0 radical (unpaired) electrons. The Morgan fingerprint density at radius 3 is 2.22 bits per heavy atom. The molecule has 0 saturated heterocycles. The first kappa shape index (κ1) is 12.2. The summed E-state index contributed by atoms with van der Waals surface area (Å²) in [5.41, 5.74) is 0. The first-order valence-corrected chi connectivity index (χ1v) is 3.27. The van der Waals surface area contributed by atoms with E-state index in [4.69, 9.17) is 5.41 Å². The van der Waals surface area contributed by atoms with Crippen LogP contribution in [0.1, 0.15) is 13.3 Å². The van der Waals surface area contributed by atoms with E-state index < -0.39 is 0 Å². The summed E-state index contributed by atoms with van der Waals surface area (Å²) in [7, 11) is 0. The van der Waals surface area contributed by atoms with E-state index in [1.807, 2.05) is 6.92 Å². The van der Waals surface area contributed by atoms with Gasteiger partial charge in [-0.1, -0.05) is 19.7 Å². The van der Waals surface area contributed by atoms with Gasteiger partial charge in [0.25, 0.3) is 0 Å². The predicted octanol–water partition coefficient (Wildman–Crippen LogP) is 1.83. The summed E-state index contributed by atoms with van der Waals surface area (Å²) in [6.45, 7) is 2.81. The molecule has 0 rings (SSSR count). The van der Waals surface area contributed by atoms with E-state index in [0.717, 1.165) is 13.0 Å². The molecule has 0 unspecified atom stereocenters. The highest BCUT2D eigenvalue weighted by Crippen LogP contribution is 1.97. The average molecular weight is 187 g/mol. The molecule has 0 aliphatic rings. The van der Waals surface area contributed by atoms with Crippen LogP contribution in [0, 0.1) is 5.41 Å². The molecule has 0 aliphatic carbocycles. The molecule has 9 heavy (non-hydrogen) atoms. The molecule has 0 heterocycles. The molecular weight excluding hydrogens is 176 g/mol. The number of nitrogens with one attached hydrogen (secondary N) is 1. The van der Waals surface area contributed by atoms with Crippen molar-refractivity contribution in [1.82, 2.24) is 4.31 Å². The number of hydrogen-bond acceptors (Lipinski definition) is 2. The number of thiol groups is 2. The summed E-state index contributed by atoms with van der Waals surface area (Å²) in [5, 5.41) is 7.12. The smallest absolute Gasteiger partial charge is 0.163 e. The van der Waals surface area contributed by atoms with Crippen LogP contribution in [-0.4, -0.2) is 16.0 Å². The fourth-order valence-electron chi connectivity index (χ4n) is 0.318. The number of rotatable bonds is 2. The lowest BCUT2D eigenvalue weighted by Gasteiger charge is -2.11. The summed E-state index contributed by atoms with van der Waals surface area (Å²) in [4.78, 5) is 0. The quantitative estimate of drug-likeness (QED) is 0.343.